The molecule has 0 aliphatic carbocycles. The summed E-state index contributed by atoms with van der Waals surface area (Å²) in [5.41, 5.74) is 1.99. The molecule has 6 heteroatoms. The molecule has 158 valence electrons. The van der Waals surface area contributed by atoms with Gasteiger partial charge in [0.1, 0.15) is 0 Å². The number of amides is 2. The molecule has 1 aliphatic heterocycles. The van der Waals surface area contributed by atoms with Gasteiger partial charge in [0.15, 0.2) is 6.10 Å². The summed E-state index contributed by atoms with van der Waals surface area (Å²) in [5.74, 6) is -0.761. The van der Waals surface area contributed by atoms with Crippen LogP contribution in [-0.4, -0.2) is 37.0 Å². The van der Waals surface area contributed by atoms with Crippen molar-refractivity contribution in [2.75, 3.05) is 18.0 Å². The van der Waals surface area contributed by atoms with E-state index in [2.05, 4.69) is 12.2 Å². The van der Waals surface area contributed by atoms with Gasteiger partial charge in [0.05, 0.1) is 11.3 Å². The maximum atomic E-state index is 12.7. The zero-order valence-electron chi connectivity index (χ0n) is 17.5. The normalized spacial score (nSPS) is 15.5. The molecule has 0 radical (unpaired) electrons. The van der Waals surface area contributed by atoms with Crippen LogP contribution in [0.2, 0.25) is 0 Å². The van der Waals surface area contributed by atoms with E-state index in [0.717, 1.165) is 18.4 Å². The number of carbonyl (C=O) groups excluding carboxylic acids is 3. The molecule has 0 unspecified atom stereocenters. The van der Waals surface area contributed by atoms with Crippen molar-refractivity contribution in [1.29, 1.82) is 0 Å². The second-order valence-electron chi connectivity index (χ2n) is 7.47. The molecular weight excluding hydrogens is 380 g/mol. The van der Waals surface area contributed by atoms with E-state index < -0.39 is 12.1 Å². The lowest BCUT2D eigenvalue weighted by atomic mass is 9.96. The van der Waals surface area contributed by atoms with Crippen molar-refractivity contribution in [3.63, 3.8) is 0 Å². The first-order chi connectivity index (χ1) is 14.5. The molecule has 1 aliphatic rings. The summed E-state index contributed by atoms with van der Waals surface area (Å²) in [7, 11) is 0. The minimum atomic E-state index is -0.937. The van der Waals surface area contributed by atoms with Gasteiger partial charge >= 0.3 is 5.97 Å². The van der Waals surface area contributed by atoms with Crippen LogP contribution in [-0.2, 0) is 14.3 Å². The summed E-state index contributed by atoms with van der Waals surface area (Å²) in [6, 6.07) is 16.9. The molecular formula is C24H28N2O4. The maximum absolute atomic E-state index is 12.7. The van der Waals surface area contributed by atoms with Gasteiger partial charge in [-0.05, 0) is 37.5 Å². The van der Waals surface area contributed by atoms with Gasteiger partial charge in [-0.15, -0.1) is 0 Å². The molecule has 2 amide bonds. The third-order valence-electron chi connectivity index (χ3n) is 5.43. The van der Waals surface area contributed by atoms with Gasteiger partial charge in [-0.25, -0.2) is 4.79 Å². The van der Waals surface area contributed by atoms with Crippen molar-refractivity contribution in [3.8, 4) is 0 Å². The first-order valence-electron chi connectivity index (χ1n) is 10.4. The maximum Gasteiger partial charge on any atom is 0.341 e. The number of rotatable bonds is 8. The minimum absolute atomic E-state index is 0.00689. The summed E-state index contributed by atoms with van der Waals surface area (Å²) in [6.45, 7) is 4.68. The van der Waals surface area contributed by atoms with Gasteiger partial charge < -0.3 is 15.0 Å². The number of carbonyl (C=O) groups is 3. The molecule has 1 saturated heterocycles. The lowest BCUT2D eigenvalue weighted by Crippen LogP contribution is -2.38. The van der Waals surface area contributed by atoms with Crippen LogP contribution in [0.15, 0.2) is 54.6 Å². The standard InChI is InChI=1S/C24H28N2O4/c1-3-18(19-10-5-4-6-11-19)16-25-23(28)17(2)30-24(29)20-12-7-8-13-21(20)26-15-9-14-22(26)27/h4-8,10-13,17-18H,3,9,14-16H2,1-2H3,(H,25,28)/t17-,18+/m1/s1. The van der Waals surface area contributed by atoms with E-state index in [-0.39, 0.29) is 17.7 Å². The number of nitrogens with one attached hydrogen (secondary N) is 1. The molecule has 0 saturated carbocycles. The molecule has 1 fully saturated rings. The predicted octanol–water partition coefficient (Wildman–Crippen LogP) is 3.67. The van der Waals surface area contributed by atoms with Gasteiger partial charge in [-0.1, -0.05) is 49.4 Å². The third kappa shape index (κ3) is 5.06. The van der Waals surface area contributed by atoms with Crippen LogP contribution in [0, 0.1) is 0 Å². The summed E-state index contributed by atoms with van der Waals surface area (Å²) in [4.78, 5) is 38.9. The molecule has 2 aromatic carbocycles. The fraction of sp³-hybridized carbons (Fsp3) is 0.375. The Morgan fingerprint density at radius 3 is 2.47 bits per heavy atom. The Bertz CT molecular complexity index is 897. The lowest BCUT2D eigenvalue weighted by molar-refractivity contribution is -0.129. The van der Waals surface area contributed by atoms with Gasteiger partial charge in [-0.2, -0.15) is 0 Å². The molecule has 2 atom stereocenters. The van der Waals surface area contributed by atoms with Gasteiger partial charge in [0.25, 0.3) is 5.91 Å². The van der Waals surface area contributed by atoms with Crippen molar-refractivity contribution < 1.29 is 19.1 Å². The van der Waals surface area contributed by atoms with E-state index >= 15 is 0 Å². The zero-order valence-corrected chi connectivity index (χ0v) is 17.5. The molecule has 0 spiro atoms. The second kappa shape index (κ2) is 10.1. The third-order valence-corrected chi connectivity index (χ3v) is 5.43. The molecule has 2 aromatic rings. The van der Waals surface area contributed by atoms with Crippen molar-refractivity contribution in [2.45, 2.75) is 45.1 Å². The van der Waals surface area contributed by atoms with E-state index in [4.69, 9.17) is 4.74 Å². The molecule has 1 N–H and O–H groups in total. The van der Waals surface area contributed by atoms with Crippen LogP contribution in [0.1, 0.15) is 54.9 Å². The highest BCUT2D eigenvalue weighted by atomic mass is 16.5. The molecule has 1 heterocycles. The summed E-state index contributed by atoms with van der Waals surface area (Å²) < 4.78 is 5.42. The molecule has 3 rings (SSSR count). The highest BCUT2D eigenvalue weighted by molar-refractivity contribution is 6.04. The Morgan fingerprint density at radius 1 is 1.10 bits per heavy atom. The van der Waals surface area contributed by atoms with Crippen LogP contribution in [0.5, 0.6) is 0 Å². The average Bonchev–Trinajstić information content (AvgIpc) is 3.20. The fourth-order valence-electron chi connectivity index (χ4n) is 3.65. The number of ether oxygens (including phenoxy) is 1. The number of esters is 1. The topological polar surface area (TPSA) is 75.7 Å². The monoisotopic (exact) mass is 408 g/mol. The van der Waals surface area contributed by atoms with Crippen LogP contribution in [0.3, 0.4) is 0 Å². The van der Waals surface area contributed by atoms with E-state index in [1.54, 1.807) is 36.1 Å². The predicted molar refractivity (Wildman–Crippen MR) is 115 cm³/mol. The summed E-state index contributed by atoms with van der Waals surface area (Å²) in [5, 5.41) is 2.88. The number of nitrogens with zero attached hydrogens (tertiary/aromatic N) is 1. The van der Waals surface area contributed by atoms with E-state index in [1.807, 2.05) is 30.3 Å². The van der Waals surface area contributed by atoms with Crippen LogP contribution >= 0.6 is 0 Å². The van der Waals surface area contributed by atoms with E-state index in [0.29, 0.717) is 30.8 Å². The highest BCUT2D eigenvalue weighted by Crippen LogP contribution is 2.26. The van der Waals surface area contributed by atoms with Crippen molar-refractivity contribution in [3.05, 3.63) is 65.7 Å². The zero-order chi connectivity index (χ0) is 21.5. The minimum Gasteiger partial charge on any atom is -0.449 e. The summed E-state index contributed by atoms with van der Waals surface area (Å²) >= 11 is 0. The molecule has 6 nitrogen and oxygen atoms in total. The SMILES string of the molecule is CC[C@@H](CNC(=O)[C@@H](C)OC(=O)c1ccccc1N1CCCC1=O)c1ccccc1. The second-order valence-corrected chi connectivity index (χ2v) is 7.47. The number of anilines is 1. The van der Waals surface area contributed by atoms with Crippen molar-refractivity contribution >= 4 is 23.5 Å². The number of hydrogen-bond donors (Lipinski definition) is 1. The quantitative estimate of drug-likeness (QED) is 0.676. The fourth-order valence-corrected chi connectivity index (χ4v) is 3.65. The lowest BCUT2D eigenvalue weighted by Gasteiger charge is -2.21. The Hall–Kier alpha value is -3.15. The first-order valence-corrected chi connectivity index (χ1v) is 10.4. The van der Waals surface area contributed by atoms with Crippen molar-refractivity contribution in [2.24, 2.45) is 0 Å². The van der Waals surface area contributed by atoms with Gasteiger partial charge in [0, 0.05) is 25.4 Å². The summed E-state index contributed by atoms with van der Waals surface area (Å²) in [6.07, 6.45) is 1.19. The highest BCUT2D eigenvalue weighted by Gasteiger charge is 2.27. The van der Waals surface area contributed by atoms with E-state index in [9.17, 15) is 14.4 Å². The Morgan fingerprint density at radius 2 is 1.80 bits per heavy atom. The number of benzene rings is 2. The largest absolute Gasteiger partial charge is 0.449 e. The Kier molecular flexibility index (Phi) is 7.22. The molecule has 30 heavy (non-hydrogen) atoms. The van der Waals surface area contributed by atoms with Gasteiger partial charge in [0.2, 0.25) is 5.91 Å². The number of para-hydroxylation sites is 1. The Balaban J connectivity index is 1.60. The number of hydrogen-bond acceptors (Lipinski definition) is 4. The smallest absolute Gasteiger partial charge is 0.341 e. The van der Waals surface area contributed by atoms with Crippen LogP contribution in [0.4, 0.5) is 5.69 Å². The van der Waals surface area contributed by atoms with E-state index in [1.165, 1.54) is 0 Å². The average molecular weight is 408 g/mol. The Labute approximate surface area is 177 Å². The van der Waals surface area contributed by atoms with Crippen LogP contribution < -0.4 is 10.2 Å². The van der Waals surface area contributed by atoms with Crippen LogP contribution in [0.25, 0.3) is 0 Å². The van der Waals surface area contributed by atoms with Gasteiger partial charge in [-0.3, -0.25) is 9.59 Å². The first kappa shape index (κ1) is 21.6. The molecule has 0 aromatic heterocycles. The molecule has 0 bridgehead atoms. The van der Waals surface area contributed by atoms with Crippen molar-refractivity contribution in [1.82, 2.24) is 5.32 Å².